The molecule has 0 fully saturated rings. The molecule has 0 bridgehead atoms. The minimum Gasteiger partial charge on any atom is -0.311 e. The minimum absolute atomic E-state index is 0.00819. The van der Waals surface area contributed by atoms with Gasteiger partial charge in [-0.2, -0.15) is 0 Å². The van der Waals surface area contributed by atoms with Crippen LogP contribution in [0.2, 0.25) is 0 Å². The van der Waals surface area contributed by atoms with E-state index in [9.17, 15) is 0 Å². The van der Waals surface area contributed by atoms with Crippen LogP contribution in [0.4, 0.5) is 51.2 Å². The highest BCUT2D eigenvalue weighted by Crippen LogP contribution is 2.49. The Balaban J connectivity index is 1.24. The van der Waals surface area contributed by atoms with Crippen molar-refractivity contribution in [3.63, 3.8) is 0 Å². The van der Waals surface area contributed by atoms with E-state index in [2.05, 4.69) is 304 Å². The van der Waals surface area contributed by atoms with Crippen LogP contribution in [0.15, 0.2) is 206 Å². The largest absolute Gasteiger partial charge is 0.311 e. The Hall–Kier alpha value is -7.56. The molecule has 0 N–H and O–H groups in total. The molecular weight excluding hydrogens is 894 g/mol. The van der Waals surface area contributed by atoms with E-state index in [0.717, 1.165) is 28.4 Å². The van der Waals surface area contributed by atoms with Gasteiger partial charge in [-0.3, -0.25) is 0 Å². The first-order valence-electron chi connectivity index (χ1n) is 26.6. The zero-order valence-corrected chi connectivity index (χ0v) is 45.5. The third-order valence-corrected chi connectivity index (χ3v) is 15.5. The fraction of sp³-hybridized carbons (Fsp3) is 0.229. The minimum atomic E-state index is -0.0562. The monoisotopic (exact) mass is 964 g/mol. The second kappa shape index (κ2) is 18.1. The first kappa shape index (κ1) is 48.7. The third kappa shape index (κ3) is 8.93. The SMILES string of the molecule is CC(C)(C)c1ccc(N2c3ccc(C(C)(C)C)cc3B3c4cc(C(C)(C)C)ccc4N(c4ccc(C(C)(C)C)cc4)c4cc(N(c5ccc(-c6ccccc6)cc5)c5ccc(-c6ccccc6)cc5)cc2c43)cc1. The molecule has 0 atom stereocenters. The van der Waals surface area contributed by atoms with Crippen molar-refractivity contribution in [2.45, 2.75) is 105 Å². The first-order valence-corrected chi connectivity index (χ1v) is 26.6. The molecule has 0 radical (unpaired) electrons. The number of fused-ring (bicyclic) bond motifs is 4. The molecule has 74 heavy (non-hydrogen) atoms. The van der Waals surface area contributed by atoms with Gasteiger partial charge in [0.1, 0.15) is 0 Å². The molecule has 3 nitrogen and oxygen atoms in total. The van der Waals surface area contributed by atoms with Gasteiger partial charge in [0.2, 0.25) is 0 Å². The normalized spacial score (nSPS) is 13.3. The summed E-state index contributed by atoms with van der Waals surface area (Å²) in [7, 11) is 0. The van der Waals surface area contributed by atoms with Gasteiger partial charge in [0.05, 0.1) is 5.69 Å². The maximum atomic E-state index is 2.57. The Labute approximate surface area is 442 Å². The maximum absolute atomic E-state index is 2.57. The molecule has 9 aromatic carbocycles. The van der Waals surface area contributed by atoms with E-state index in [1.165, 1.54) is 83.6 Å². The number of benzene rings is 9. The van der Waals surface area contributed by atoms with Gasteiger partial charge in [-0.15, -0.1) is 0 Å². The topological polar surface area (TPSA) is 9.72 Å². The molecule has 2 aliphatic rings. The van der Waals surface area contributed by atoms with Gasteiger partial charge in [-0.25, -0.2) is 0 Å². The molecule has 0 saturated heterocycles. The Kier molecular flexibility index (Phi) is 11.9. The first-order chi connectivity index (χ1) is 35.2. The second-order valence-corrected chi connectivity index (χ2v) is 24.8. The molecule has 2 heterocycles. The summed E-state index contributed by atoms with van der Waals surface area (Å²) in [5.41, 5.74) is 24.2. The Morgan fingerprint density at radius 1 is 0.297 bits per heavy atom. The second-order valence-electron chi connectivity index (χ2n) is 24.8. The van der Waals surface area contributed by atoms with E-state index in [1.54, 1.807) is 0 Å². The van der Waals surface area contributed by atoms with Gasteiger partial charge >= 0.3 is 0 Å². The van der Waals surface area contributed by atoms with Crippen LogP contribution in [0.25, 0.3) is 22.3 Å². The zero-order valence-electron chi connectivity index (χ0n) is 45.5. The highest BCUT2D eigenvalue weighted by Gasteiger charge is 2.45. The summed E-state index contributed by atoms with van der Waals surface area (Å²) in [5.74, 6) is 0. The molecule has 0 aromatic heterocycles. The lowest BCUT2D eigenvalue weighted by atomic mass is 9.33. The predicted molar refractivity (Wildman–Crippen MR) is 321 cm³/mol. The van der Waals surface area contributed by atoms with Crippen molar-refractivity contribution in [3.05, 3.63) is 229 Å². The van der Waals surface area contributed by atoms with Gasteiger partial charge in [-0.05, 0) is 155 Å². The van der Waals surface area contributed by atoms with E-state index in [-0.39, 0.29) is 28.4 Å². The third-order valence-electron chi connectivity index (χ3n) is 15.5. The lowest BCUT2D eigenvalue weighted by Gasteiger charge is -2.45. The van der Waals surface area contributed by atoms with E-state index in [0.29, 0.717) is 0 Å². The molecule has 2 aliphatic heterocycles. The smallest absolute Gasteiger partial charge is 0.252 e. The molecule has 0 unspecified atom stereocenters. The molecule has 9 aromatic rings. The van der Waals surface area contributed by atoms with Crippen LogP contribution in [0.3, 0.4) is 0 Å². The average Bonchev–Trinajstić information content (AvgIpc) is 3.38. The lowest BCUT2D eigenvalue weighted by Crippen LogP contribution is -2.61. The Morgan fingerprint density at radius 3 is 0.959 bits per heavy atom. The quantitative estimate of drug-likeness (QED) is 0.147. The van der Waals surface area contributed by atoms with E-state index >= 15 is 0 Å². The molecule has 11 rings (SSSR count). The number of hydrogen-bond acceptors (Lipinski definition) is 3. The summed E-state index contributed by atoms with van der Waals surface area (Å²) in [6.45, 7) is 27.8. The Morgan fingerprint density at radius 2 is 0.622 bits per heavy atom. The highest BCUT2D eigenvalue weighted by molar-refractivity contribution is 7.00. The van der Waals surface area contributed by atoms with Gasteiger partial charge in [0.15, 0.2) is 0 Å². The molecule has 0 spiro atoms. The standard InChI is InChI=1S/C70H70BN3/c1-67(2,3)51-27-37-57(38-28-51)73-62-41-31-53(69(7,8)9)43-60(62)71-61-44-54(70(10,11)12)32-42-63(61)74(58-39-29-52(30-40-58)68(4,5)6)65-46-59(45-64(73)66(65)71)72(55-33-23-49(24-34-55)47-19-15-13-16-20-47)56-35-25-50(26-36-56)48-21-17-14-18-22-48/h13-46H,1-12H3. The molecule has 0 amide bonds. The summed E-state index contributed by atoms with van der Waals surface area (Å²) in [6.07, 6.45) is 0. The van der Waals surface area contributed by atoms with Crippen LogP contribution in [0.1, 0.15) is 105 Å². The van der Waals surface area contributed by atoms with Crippen molar-refractivity contribution in [2.24, 2.45) is 0 Å². The van der Waals surface area contributed by atoms with Crippen LogP contribution in [0.5, 0.6) is 0 Å². The number of nitrogens with zero attached hydrogens (tertiary/aromatic N) is 3. The van der Waals surface area contributed by atoms with Crippen LogP contribution >= 0.6 is 0 Å². The van der Waals surface area contributed by atoms with E-state index < -0.39 is 0 Å². The predicted octanol–water partition coefficient (Wildman–Crippen LogP) is 17.8. The fourth-order valence-corrected chi connectivity index (χ4v) is 11.1. The number of rotatable bonds is 7. The summed E-state index contributed by atoms with van der Waals surface area (Å²) in [5, 5.41) is 0. The maximum Gasteiger partial charge on any atom is 0.252 e. The molecule has 368 valence electrons. The van der Waals surface area contributed by atoms with Crippen LogP contribution in [-0.2, 0) is 21.7 Å². The van der Waals surface area contributed by atoms with Crippen molar-refractivity contribution in [2.75, 3.05) is 14.7 Å². The van der Waals surface area contributed by atoms with Crippen molar-refractivity contribution in [1.82, 2.24) is 0 Å². The number of hydrogen-bond donors (Lipinski definition) is 0. The average molecular weight is 964 g/mol. The summed E-state index contributed by atoms with van der Waals surface area (Å²) in [6, 6.07) is 78.0. The summed E-state index contributed by atoms with van der Waals surface area (Å²) >= 11 is 0. The van der Waals surface area contributed by atoms with Gasteiger partial charge in [-0.1, -0.05) is 217 Å². The van der Waals surface area contributed by atoms with Gasteiger partial charge in [0, 0.05) is 45.5 Å². The lowest BCUT2D eigenvalue weighted by molar-refractivity contribution is 0.590. The van der Waals surface area contributed by atoms with E-state index in [1.807, 2.05) is 0 Å². The van der Waals surface area contributed by atoms with Crippen molar-refractivity contribution >= 4 is 74.3 Å². The molecule has 0 aliphatic carbocycles. The van der Waals surface area contributed by atoms with Crippen molar-refractivity contribution < 1.29 is 0 Å². The molecule has 4 heteroatoms. The number of anilines is 9. The molecular formula is C70H70BN3. The van der Waals surface area contributed by atoms with Crippen LogP contribution in [-0.4, -0.2) is 6.71 Å². The molecule has 0 saturated carbocycles. The van der Waals surface area contributed by atoms with Crippen molar-refractivity contribution in [3.8, 4) is 22.3 Å². The zero-order chi connectivity index (χ0) is 51.9. The summed E-state index contributed by atoms with van der Waals surface area (Å²) in [4.78, 5) is 7.61. The fourth-order valence-electron chi connectivity index (χ4n) is 11.1. The van der Waals surface area contributed by atoms with Crippen molar-refractivity contribution in [1.29, 1.82) is 0 Å². The van der Waals surface area contributed by atoms with E-state index in [4.69, 9.17) is 0 Å². The van der Waals surface area contributed by atoms with Crippen LogP contribution in [0, 0.1) is 0 Å². The Bertz CT molecular complexity index is 3260. The van der Waals surface area contributed by atoms with Gasteiger partial charge < -0.3 is 14.7 Å². The van der Waals surface area contributed by atoms with Gasteiger partial charge in [0.25, 0.3) is 6.71 Å². The highest BCUT2D eigenvalue weighted by atomic mass is 15.2. The summed E-state index contributed by atoms with van der Waals surface area (Å²) < 4.78 is 0. The van der Waals surface area contributed by atoms with Crippen LogP contribution < -0.4 is 31.1 Å².